The Morgan fingerprint density at radius 3 is 2.41 bits per heavy atom. The van der Waals surface area contributed by atoms with Crippen LogP contribution in [0.15, 0.2) is 53.3 Å². The fraction of sp³-hybridized carbons (Fsp3) is 0.211. The van der Waals surface area contributed by atoms with E-state index in [1.54, 1.807) is 11.7 Å². The number of rotatable bonds is 3. The maximum absolute atomic E-state index is 13.1. The fourth-order valence-corrected chi connectivity index (χ4v) is 3.07. The van der Waals surface area contributed by atoms with Gasteiger partial charge in [-0.05, 0) is 42.5 Å². The molecule has 0 fully saturated rings. The van der Waals surface area contributed by atoms with Gasteiger partial charge in [0.1, 0.15) is 5.75 Å². The van der Waals surface area contributed by atoms with Crippen LogP contribution in [-0.2, 0) is 6.42 Å². The number of para-hydroxylation sites is 1. The second kappa shape index (κ2) is 5.68. The van der Waals surface area contributed by atoms with E-state index in [4.69, 9.17) is 4.74 Å². The van der Waals surface area contributed by atoms with Crippen molar-refractivity contribution in [2.45, 2.75) is 20.3 Å². The van der Waals surface area contributed by atoms with Gasteiger partial charge in [0.25, 0.3) is 5.56 Å². The van der Waals surface area contributed by atoms with Crippen LogP contribution in [0.5, 0.6) is 5.75 Å². The first-order valence-electron chi connectivity index (χ1n) is 7.45. The molecule has 0 radical (unpaired) electrons. The highest BCUT2D eigenvalue weighted by Gasteiger charge is 2.16. The molecule has 112 valence electrons. The molecule has 2 aromatic carbocycles. The standard InChI is InChI=1S/C19H19NO2/c1-4-16-13(2)15-11-8-12-17(22-3)18(15)19(21)20(16)14-9-6-5-7-10-14/h5-12H,4H2,1-3H3. The summed E-state index contributed by atoms with van der Waals surface area (Å²) < 4.78 is 7.22. The number of fused-ring (bicyclic) bond motifs is 1. The Hall–Kier alpha value is -2.55. The number of aryl methyl sites for hydroxylation is 1. The van der Waals surface area contributed by atoms with Gasteiger partial charge < -0.3 is 4.74 Å². The molecule has 0 bridgehead atoms. The Balaban J connectivity index is 2.52. The van der Waals surface area contributed by atoms with E-state index < -0.39 is 0 Å². The molecule has 0 atom stereocenters. The molecule has 0 amide bonds. The van der Waals surface area contributed by atoms with Gasteiger partial charge in [0.15, 0.2) is 0 Å². The fourth-order valence-electron chi connectivity index (χ4n) is 3.07. The average Bonchev–Trinajstić information content (AvgIpc) is 2.57. The van der Waals surface area contributed by atoms with Crippen LogP contribution in [0.2, 0.25) is 0 Å². The third-order valence-corrected chi connectivity index (χ3v) is 4.12. The minimum Gasteiger partial charge on any atom is -0.496 e. The van der Waals surface area contributed by atoms with Crippen molar-refractivity contribution in [1.29, 1.82) is 0 Å². The Labute approximate surface area is 129 Å². The van der Waals surface area contributed by atoms with Crippen LogP contribution in [0.1, 0.15) is 18.2 Å². The van der Waals surface area contributed by atoms with Crippen molar-refractivity contribution in [3.05, 3.63) is 70.1 Å². The molecule has 3 rings (SSSR count). The van der Waals surface area contributed by atoms with Crippen molar-refractivity contribution in [2.24, 2.45) is 0 Å². The number of nitrogens with zero attached hydrogens (tertiary/aromatic N) is 1. The molecular formula is C19H19NO2. The number of aromatic nitrogens is 1. The summed E-state index contributed by atoms with van der Waals surface area (Å²) in [5.74, 6) is 0.623. The second-order valence-corrected chi connectivity index (χ2v) is 5.28. The van der Waals surface area contributed by atoms with Crippen molar-refractivity contribution in [2.75, 3.05) is 7.11 Å². The van der Waals surface area contributed by atoms with Crippen LogP contribution in [0.3, 0.4) is 0 Å². The molecule has 0 spiro atoms. The molecule has 1 heterocycles. The average molecular weight is 293 g/mol. The van der Waals surface area contributed by atoms with Gasteiger partial charge in [0.05, 0.1) is 12.5 Å². The molecule has 3 heteroatoms. The summed E-state index contributed by atoms with van der Waals surface area (Å²) in [6.07, 6.45) is 0.795. The van der Waals surface area contributed by atoms with Crippen molar-refractivity contribution in [1.82, 2.24) is 4.57 Å². The Bertz CT molecular complexity index is 879. The van der Waals surface area contributed by atoms with Crippen molar-refractivity contribution in [3.63, 3.8) is 0 Å². The first kappa shape index (κ1) is 14.4. The first-order valence-corrected chi connectivity index (χ1v) is 7.45. The van der Waals surface area contributed by atoms with E-state index in [2.05, 4.69) is 13.8 Å². The van der Waals surface area contributed by atoms with Gasteiger partial charge in [0.2, 0.25) is 0 Å². The van der Waals surface area contributed by atoms with E-state index in [9.17, 15) is 4.79 Å². The van der Waals surface area contributed by atoms with Gasteiger partial charge in [-0.3, -0.25) is 9.36 Å². The van der Waals surface area contributed by atoms with Gasteiger partial charge >= 0.3 is 0 Å². The summed E-state index contributed by atoms with van der Waals surface area (Å²) in [6.45, 7) is 4.15. The van der Waals surface area contributed by atoms with E-state index in [0.717, 1.165) is 28.8 Å². The summed E-state index contributed by atoms with van der Waals surface area (Å²) in [4.78, 5) is 13.1. The van der Waals surface area contributed by atoms with Crippen LogP contribution in [0.25, 0.3) is 16.5 Å². The van der Waals surface area contributed by atoms with Crippen LogP contribution in [0.4, 0.5) is 0 Å². The smallest absolute Gasteiger partial charge is 0.266 e. The lowest BCUT2D eigenvalue weighted by Crippen LogP contribution is -2.23. The lowest BCUT2D eigenvalue weighted by Gasteiger charge is -2.18. The van der Waals surface area contributed by atoms with E-state index in [1.165, 1.54) is 0 Å². The van der Waals surface area contributed by atoms with Gasteiger partial charge in [-0.15, -0.1) is 0 Å². The van der Waals surface area contributed by atoms with E-state index in [1.807, 2.05) is 48.5 Å². The summed E-state index contributed by atoms with van der Waals surface area (Å²) in [5, 5.41) is 1.61. The number of hydrogen-bond donors (Lipinski definition) is 0. The van der Waals surface area contributed by atoms with E-state index in [0.29, 0.717) is 11.1 Å². The molecule has 0 aliphatic rings. The molecule has 3 aromatic rings. The second-order valence-electron chi connectivity index (χ2n) is 5.28. The zero-order chi connectivity index (χ0) is 15.7. The van der Waals surface area contributed by atoms with Gasteiger partial charge in [-0.25, -0.2) is 0 Å². The Morgan fingerprint density at radius 2 is 1.77 bits per heavy atom. The van der Waals surface area contributed by atoms with Crippen molar-refractivity contribution >= 4 is 10.8 Å². The molecule has 22 heavy (non-hydrogen) atoms. The summed E-state index contributed by atoms with van der Waals surface area (Å²) in [7, 11) is 1.60. The van der Waals surface area contributed by atoms with Crippen LogP contribution in [0, 0.1) is 6.92 Å². The molecule has 0 unspecified atom stereocenters. The minimum absolute atomic E-state index is 0.0268. The van der Waals surface area contributed by atoms with Gasteiger partial charge in [-0.2, -0.15) is 0 Å². The number of ether oxygens (including phenoxy) is 1. The minimum atomic E-state index is -0.0268. The summed E-state index contributed by atoms with van der Waals surface area (Å²) in [6, 6.07) is 15.5. The maximum Gasteiger partial charge on any atom is 0.266 e. The first-order chi connectivity index (χ1) is 10.7. The Kier molecular flexibility index (Phi) is 3.72. The largest absolute Gasteiger partial charge is 0.496 e. The number of methoxy groups -OCH3 is 1. The predicted molar refractivity (Wildman–Crippen MR) is 90.2 cm³/mol. The molecule has 0 aliphatic carbocycles. The predicted octanol–water partition coefficient (Wildman–Crippen LogP) is 3.87. The lowest BCUT2D eigenvalue weighted by atomic mass is 10.0. The van der Waals surface area contributed by atoms with Crippen molar-refractivity contribution < 1.29 is 4.74 Å². The van der Waals surface area contributed by atoms with Crippen LogP contribution < -0.4 is 10.3 Å². The van der Waals surface area contributed by atoms with Gasteiger partial charge in [-0.1, -0.05) is 37.3 Å². The van der Waals surface area contributed by atoms with E-state index >= 15 is 0 Å². The number of pyridine rings is 1. The normalized spacial score (nSPS) is 10.9. The molecule has 0 N–H and O–H groups in total. The molecule has 1 aromatic heterocycles. The summed E-state index contributed by atoms with van der Waals surface area (Å²) in [5.41, 5.74) is 3.03. The van der Waals surface area contributed by atoms with E-state index in [-0.39, 0.29) is 5.56 Å². The molecular weight excluding hydrogens is 274 g/mol. The highest BCUT2D eigenvalue weighted by atomic mass is 16.5. The molecule has 0 saturated carbocycles. The molecule has 3 nitrogen and oxygen atoms in total. The Morgan fingerprint density at radius 1 is 1.05 bits per heavy atom. The quantitative estimate of drug-likeness (QED) is 0.734. The molecule has 0 aliphatic heterocycles. The van der Waals surface area contributed by atoms with Gasteiger partial charge in [0, 0.05) is 11.4 Å². The summed E-state index contributed by atoms with van der Waals surface area (Å²) >= 11 is 0. The highest BCUT2D eigenvalue weighted by molar-refractivity contribution is 5.91. The van der Waals surface area contributed by atoms with Crippen molar-refractivity contribution in [3.8, 4) is 11.4 Å². The SMILES string of the molecule is CCc1c(C)c2cccc(OC)c2c(=O)n1-c1ccccc1. The number of benzene rings is 2. The zero-order valence-electron chi connectivity index (χ0n) is 13.1. The maximum atomic E-state index is 13.1. The van der Waals surface area contributed by atoms with Crippen LogP contribution >= 0.6 is 0 Å². The lowest BCUT2D eigenvalue weighted by molar-refractivity contribution is 0.419. The third-order valence-electron chi connectivity index (χ3n) is 4.12. The monoisotopic (exact) mass is 293 g/mol. The highest BCUT2D eigenvalue weighted by Crippen LogP contribution is 2.28. The topological polar surface area (TPSA) is 31.2 Å². The number of hydrogen-bond acceptors (Lipinski definition) is 2. The third kappa shape index (κ3) is 2.10. The van der Waals surface area contributed by atoms with Crippen LogP contribution in [-0.4, -0.2) is 11.7 Å². The molecule has 0 saturated heterocycles. The zero-order valence-corrected chi connectivity index (χ0v) is 13.1.